The van der Waals surface area contributed by atoms with E-state index in [0.717, 1.165) is 59.3 Å². The van der Waals surface area contributed by atoms with Crippen molar-refractivity contribution in [3.63, 3.8) is 0 Å². The molecule has 0 bridgehead atoms. The predicted octanol–water partition coefficient (Wildman–Crippen LogP) is 5.08. The molecule has 1 aliphatic heterocycles. The molecule has 6 rings (SSSR count). The van der Waals surface area contributed by atoms with Gasteiger partial charge in [-0.05, 0) is 73.7 Å². The number of ether oxygens (including phenoxy) is 1. The van der Waals surface area contributed by atoms with Gasteiger partial charge in [0.1, 0.15) is 11.4 Å². The van der Waals surface area contributed by atoms with E-state index < -0.39 is 0 Å². The van der Waals surface area contributed by atoms with Crippen molar-refractivity contribution in [3.05, 3.63) is 84.3 Å². The van der Waals surface area contributed by atoms with Crippen LogP contribution in [0.3, 0.4) is 0 Å². The Hall–Kier alpha value is -5.52. The molecule has 0 radical (unpaired) electrons. The number of aryl methyl sites for hydroxylation is 1. The van der Waals surface area contributed by atoms with Gasteiger partial charge in [0.2, 0.25) is 17.8 Å². The van der Waals surface area contributed by atoms with Crippen molar-refractivity contribution in [2.75, 3.05) is 18.5 Å². The van der Waals surface area contributed by atoms with Crippen molar-refractivity contribution in [3.8, 4) is 17.0 Å². The molecular formula is C34H36N8O4. The molecule has 1 aliphatic rings. The molecule has 5 aromatic rings. The predicted molar refractivity (Wildman–Crippen MR) is 174 cm³/mol. The summed E-state index contributed by atoms with van der Waals surface area (Å²) in [6.45, 7) is 3.99. The minimum absolute atomic E-state index is 0.146. The fraction of sp³-hybridized carbons (Fsp3) is 0.294. The summed E-state index contributed by atoms with van der Waals surface area (Å²) in [5, 5.41) is 14.0. The van der Waals surface area contributed by atoms with Crippen LogP contribution in [0.4, 0.5) is 11.6 Å². The summed E-state index contributed by atoms with van der Waals surface area (Å²) in [5.74, 6) is 0.233. The summed E-state index contributed by atoms with van der Waals surface area (Å²) < 4.78 is 7.73. The van der Waals surface area contributed by atoms with Gasteiger partial charge in [-0.1, -0.05) is 19.1 Å². The number of rotatable bonds is 13. The molecular weight excluding hydrogens is 584 g/mol. The summed E-state index contributed by atoms with van der Waals surface area (Å²) in [5.41, 5.74) is 4.62. The zero-order chi connectivity index (χ0) is 31.9. The van der Waals surface area contributed by atoms with Crippen LogP contribution in [0, 0.1) is 0 Å². The van der Waals surface area contributed by atoms with E-state index in [-0.39, 0.29) is 23.6 Å². The number of hydrogen-bond acceptors (Lipinski definition) is 8. The Morgan fingerprint density at radius 2 is 1.87 bits per heavy atom. The second kappa shape index (κ2) is 14.1. The molecule has 1 fully saturated rings. The number of carbonyl (C=O) groups excluding carboxylic acids is 3. The van der Waals surface area contributed by atoms with Gasteiger partial charge in [0.15, 0.2) is 0 Å². The first-order valence-electron chi connectivity index (χ1n) is 15.6. The maximum Gasteiger partial charge on any atom is 0.251 e. The van der Waals surface area contributed by atoms with Gasteiger partial charge >= 0.3 is 0 Å². The van der Waals surface area contributed by atoms with Crippen LogP contribution in [0.5, 0.6) is 5.75 Å². The van der Waals surface area contributed by atoms with Gasteiger partial charge in [-0.3, -0.25) is 24.4 Å². The number of carbonyl (C=O) groups is 3. The van der Waals surface area contributed by atoms with E-state index >= 15 is 0 Å². The van der Waals surface area contributed by atoms with Crippen LogP contribution >= 0.6 is 0 Å². The van der Waals surface area contributed by atoms with Gasteiger partial charge in [-0.15, -0.1) is 0 Å². The van der Waals surface area contributed by atoms with Crippen molar-refractivity contribution in [1.82, 2.24) is 35.4 Å². The molecule has 2 aromatic carbocycles. The van der Waals surface area contributed by atoms with Crippen LogP contribution in [-0.4, -0.2) is 55.6 Å². The standard InChI is InChI=1S/C34H36N8O4/c1-2-18-42-21-24(20-37-42)30-28-15-17-35-31(28)41-34(40-30)38-25-9-5-23(6-10-25)32(44)36-16-3-4-19-46-26-11-7-22(8-12-26)27-13-14-29(43)39-33(27)45/h5-12,15,17,20-21,27H,2-4,13-14,16,18-19H2,1H3,(H,36,44)(H,39,43,45)(H2,35,38,40,41). The number of H-pyrrole nitrogens is 1. The number of hydrogen-bond donors (Lipinski definition) is 4. The minimum Gasteiger partial charge on any atom is -0.494 e. The zero-order valence-corrected chi connectivity index (χ0v) is 25.6. The number of fused-ring (bicyclic) bond motifs is 1. The molecule has 46 heavy (non-hydrogen) atoms. The summed E-state index contributed by atoms with van der Waals surface area (Å²) in [7, 11) is 0. The van der Waals surface area contributed by atoms with E-state index in [4.69, 9.17) is 9.72 Å². The Morgan fingerprint density at radius 3 is 2.65 bits per heavy atom. The van der Waals surface area contributed by atoms with Crippen molar-refractivity contribution in [1.29, 1.82) is 0 Å². The number of aromatic nitrogens is 5. The maximum absolute atomic E-state index is 12.7. The summed E-state index contributed by atoms with van der Waals surface area (Å²) >= 11 is 0. The third kappa shape index (κ3) is 7.23. The average Bonchev–Trinajstić information content (AvgIpc) is 3.73. The van der Waals surface area contributed by atoms with Crippen LogP contribution in [0.1, 0.15) is 60.9 Å². The summed E-state index contributed by atoms with van der Waals surface area (Å²) in [4.78, 5) is 48.7. The molecule has 1 unspecified atom stereocenters. The highest BCUT2D eigenvalue weighted by atomic mass is 16.5. The number of unbranched alkanes of at least 4 members (excludes halogenated alkanes) is 1. The number of aromatic amines is 1. The lowest BCUT2D eigenvalue weighted by Gasteiger charge is -2.21. The Bertz CT molecular complexity index is 1830. The lowest BCUT2D eigenvalue weighted by atomic mass is 9.90. The molecule has 4 N–H and O–H groups in total. The molecule has 4 heterocycles. The van der Waals surface area contributed by atoms with Crippen LogP contribution < -0.4 is 20.7 Å². The Labute approximate surface area is 266 Å². The van der Waals surface area contributed by atoms with E-state index in [2.05, 4.69) is 37.9 Å². The highest BCUT2D eigenvalue weighted by Crippen LogP contribution is 2.28. The van der Waals surface area contributed by atoms with E-state index in [9.17, 15) is 14.4 Å². The number of nitrogens with zero attached hydrogens (tertiary/aromatic N) is 4. The normalized spacial score (nSPS) is 14.7. The first-order chi connectivity index (χ1) is 22.5. The quantitative estimate of drug-likeness (QED) is 0.105. The Morgan fingerprint density at radius 1 is 1.04 bits per heavy atom. The van der Waals surface area contributed by atoms with Gasteiger partial charge in [-0.25, -0.2) is 4.98 Å². The lowest BCUT2D eigenvalue weighted by Crippen LogP contribution is -2.39. The van der Waals surface area contributed by atoms with Gasteiger partial charge in [0.25, 0.3) is 5.91 Å². The number of piperidine rings is 1. The molecule has 3 amide bonds. The number of nitrogens with one attached hydrogen (secondary N) is 4. The molecule has 12 nitrogen and oxygen atoms in total. The molecule has 0 spiro atoms. The second-order valence-electron chi connectivity index (χ2n) is 11.2. The highest BCUT2D eigenvalue weighted by Gasteiger charge is 2.27. The molecule has 12 heteroatoms. The fourth-order valence-electron chi connectivity index (χ4n) is 5.42. The lowest BCUT2D eigenvalue weighted by molar-refractivity contribution is -0.134. The number of imide groups is 1. The maximum atomic E-state index is 12.7. The molecule has 1 saturated heterocycles. The van der Waals surface area contributed by atoms with Crippen LogP contribution in [0.2, 0.25) is 0 Å². The van der Waals surface area contributed by atoms with Crippen molar-refractivity contribution < 1.29 is 19.1 Å². The van der Waals surface area contributed by atoms with Crippen molar-refractivity contribution in [2.45, 2.75) is 51.5 Å². The molecule has 0 saturated carbocycles. The largest absolute Gasteiger partial charge is 0.494 e. The third-order valence-corrected chi connectivity index (χ3v) is 7.83. The average molecular weight is 621 g/mol. The monoisotopic (exact) mass is 620 g/mol. The SMILES string of the molecule is CCCn1cc(-c2nc(Nc3ccc(C(=O)NCCCCOc4ccc(C5CCC(=O)NC5=O)cc4)cc3)nc3[nH]ccc23)cn1. The zero-order valence-electron chi connectivity index (χ0n) is 25.6. The Kier molecular flexibility index (Phi) is 9.32. The third-order valence-electron chi connectivity index (χ3n) is 7.83. The smallest absolute Gasteiger partial charge is 0.251 e. The number of benzene rings is 2. The van der Waals surface area contributed by atoms with E-state index in [1.165, 1.54) is 0 Å². The fourth-order valence-corrected chi connectivity index (χ4v) is 5.42. The van der Waals surface area contributed by atoms with Crippen LogP contribution in [0.15, 0.2) is 73.2 Å². The molecule has 1 atom stereocenters. The van der Waals surface area contributed by atoms with Gasteiger partial charge in [0.05, 0.1) is 24.4 Å². The van der Waals surface area contributed by atoms with Crippen LogP contribution in [0.25, 0.3) is 22.3 Å². The second-order valence-corrected chi connectivity index (χ2v) is 11.2. The van der Waals surface area contributed by atoms with E-state index in [0.29, 0.717) is 43.3 Å². The topological polar surface area (TPSA) is 156 Å². The van der Waals surface area contributed by atoms with Crippen molar-refractivity contribution >= 4 is 40.4 Å². The summed E-state index contributed by atoms with van der Waals surface area (Å²) in [6, 6.07) is 16.6. The van der Waals surface area contributed by atoms with Crippen molar-refractivity contribution in [2.24, 2.45) is 0 Å². The first-order valence-corrected chi connectivity index (χ1v) is 15.6. The Balaban J connectivity index is 0.951. The van der Waals surface area contributed by atoms with Gasteiger partial charge in [-0.2, -0.15) is 10.1 Å². The number of anilines is 2. The van der Waals surface area contributed by atoms with E-state index in [1.807, 2.05) is 65.7 Å². The van der Waals surface area contributed by atoms with Crippen LogP contribution in [-0.2, 0) is 16.1 Å². The molecule has 0 aliphatic carbocycles. The van der Waals surface area contributed by atoms with Gasteiger partial charge < -0.3 is 20.4 Å². The van der Waals surface area contributed by atoms with E-state index in [1.54, 1.807) is 12.1 Å². The first kappa shape index (κ1) is 30.5. The number of amides is 3. The minimum atomic E-state index is -0.308. The highest BCUT2D eigenvalue weighted by molar-refractivity contribution is 6.01. The molecule has 236 valence electrons. The molecule has 3 aromatic heterocycles. The summed E-state index contributed by atoms with van der Waals surface area (Å²) in [6.07, 6.45) is 9.05. The van der Waals surface area contributed by atoms with Gasteiger partial charge in [0, 0.05) is 54.1 Å².